The van der Waals surface area contributed by atoms with Gasteiger partial charge in [-0.25, -0.2) is 9.97 Å². The molecule has 10 heteroatoms. The van der Waals surface area contributed by atoms with Crippen LogP contribution in [0.2, 0.25) is 0 Å². The van der Waals surface area contributed by atoms with Gasteiger partial charge in [-0.15, -0.1) is 0 Å². The van der Waals surface area contributed by atoms with Crippen LogP contribution in [-0.4, -0.2) is 93.3 Å². The van der Waals surface area contributed by atoms with Crippen molar-refractivity contribution >= 4 is 17.7 Å². The van der Waals surface area contributed by atoms with Gasteiger partial charge in [0.25, 0.3) is 0 Å². The first-order valence-electron chi connectivity index (χ1n) is 11.0. The molecule has 2 aromatic heterocycles. The highest BCUT2D eigenvalue weighted by Crippen LogP contribution is 2.26. The maximum absolute atomic E-state index is 9.83. The molecule has 2 saturated heterocycles. The number of hydrogen-bond donors (Lipinski definition) is 1. The normalized spacial score (nSPS) is 23.9. The molecule has 3 atom stereocenters. The van der Waals surface area contributed by atoms with E-state index in [2.05, 4.69) is 55.4 Å². The average Bonchev–Trinajstić information content (AvgIpc) is 2.73. The molecule has 2 aromatic rings. The monoisotopic (exact) mass is 427 g/mol. The summed E-state index contributed by atoms with van der Waals surface area (Å²) in [5.41, 5.74) is 0. The van der Waals surface area contributed by atoms with Crippen molar-refractivity contribution in [3.05, 3.63) is 23.9 Å². The summed E-state index contributed by atoms with van der Waals surface area (Å²) in [6.45, 7) is 13.5. The number of rotatable bonds is 4. The molecule has 0 aromatic carbocycles. The summed E-state index contributed by atoms with van der Waals surface area (Å²) in [4.78, 5) is 32.0. The molecular weight excluding hydrogens is 394 g/mol. The Kier molecular flexibility index (Phi) is 6.19. The summed E-state index contributed by atoms with van der Waals surface area (Å²) in [6.07, 6.45) is 1.03. The fraction of sp³-hybridized carbons (Fsp3) is 0.667. The smallest absolute Gasteiger partial charge is 0.231 e. The fourth-order valence-electron chi connectivity index (χ4n) is 4.36. The lowest BCUT2D eigenvalue weighted by molar-refractivity contribution is 0.189. The zero-order valence-corrected chi connectivity index (χ0v) is 19.1. The van der Waals surface area contributed by atoms with Gasteiger partial charge < -0.3 is 24.7 Å². The van der Waals surface area contributed by atoms with Gasteiger partial charge in [-0.3, -0.25) is 0 Å². The molecule has 0 unspecified atom stereocenters. The number of aryl methyl sites for hydroxylation is 1. The van der Waals surface area contributed by atoms with Crippen LogP contribution in [0, 0.1) is 6.92 Å². The number of aliphatic hydroxyl groups excluding tert-OH is 1. The highest BCUT2D eigenvalue weighted by atomic mass is 16.3. The first-order chi connectivity index (χ1) is 14.8. The minimum Gasteiger partial charge on any atom is -0.385 e. The largest absolute Gasteiger partial charge is 0.385 e. The van der Waals surface area contributed by atoms with Crippen LogP contribution in [0.4, 0.5) is 17.7 Å². The first-order valence-corrected chi connectivity index (χ1v) is 11.0. The van der Waals surface area contributed by atoms with Gasteiger partial charge in [0.15, 0.2) is 5.82 Å². The molecule has 0 spiro atoms. The van der Waals surface area contributed by atoms with Crippen LogP contribution in [-0.2, 0) is 0 Å². The van der Waals surface area contributed by atoms with Crippen LogP contribution in [0.5, 0.6) is 0 Å². The Labute approximate surface area is 184 Å². The Hall–Kier alpha value is -2.59. The quantitative estimate of drug-likeness (QED) is 0.757. The summed E-state index contributed by atoms with van der Waals surface area (Å²) >= 11 is 0. The van der Waals surface area contributed by atoms with Crippen LogP contribution in [0.25, 0.3) is 0 Å². The molecule has 4 heterocycles. The van der Waals surface area contributed by atoms with E-state index in [-0.39, 0.29) is 12.1 Å². The third-order valence-corrected chi connectivity index (χ3v) is 6.02. The van der Waals surface area contributed by atoms with Gasteiger partial charge in [0.2, 0.25) is 11.9 Å². The van der Waals surface area contributed by atoms with E-state index in [9.17, 15) is 5.11 Å². The molecule has 2 fully saturated rings. The predicted octanol–water partition coefficient (Wildman–Crippen LogP) is 0.879. The van der Waals surface area contributed by atoms with E-state index in [4.69, 9.17) is 9.97 Å². The zero-order valence-electron chi connectivity index (χ0n) is 19.1. The lowest BCUT2D eigenvalue weighted by atomic mass is 10.1. The van der Waals surface area contributed by atoms with E-state index in [1.165, 1.54) is 0 Å². The number of aromatic nitrogens is 5. The minimum atomic E-state index is -0.683. The van der Waals surface area contributed by atoms with E-state index in [1.807, 2.05) is 13.0 Å². The topological polar surface area (TPSA) is 97.6 Å². The van der Waals surface area contributed by atoms with Gasteiger partial charge in [-0.1, -0.05) is 0 Å². The van der Waals surface area contributed by atoms with Gasteiger partial charge in [0.1, 0.15) is 17.7 Å². The number of aliphatic hydroxyl groups is 1. The number of nitrogens with zero attached hydrogens (tertiary/aromatic N) is 9. The molecule has 31 heavy (non-hydrogen) atoms. The number of hydrogen-bond acceptors (Lipinski definition) is 10. The Morgan fingerprint density at radius 1 is 0.935 bits per heavy atom. The maximum atomic E-state index is 9.83. The molecule has 2 aliphatic rings. The van der Waals surface area contributed by atoms with Crippen molar-refractivity contribution in [1.82, 2.24) is 29.8 Å². The fourth-order valence-corrected chi connectivity index (χ4v) is 4.36. The molecule has 0 bridgehead atoms. The summed E-state index contributed by atoms with van der Waals surface area (Å²) in [7, 11) is 2.14. The van der Waals surface area contributed by atoms with Gasteiger partial charge in [0, 0.05) is 57.5 Å². The van der Waals surface area contributed by atoms with Crippen molar-refractivity contribution in [2.24, 2.45) is 0 Å². The van der Waals surface area contributed by atoms with Crippen molar-refractivity contribution in [1.29, 1.82) is 0 Å². The molecule has 0 radical (unpaired) electrons. The summed E-state index contributed by atoms with van der Waals surface area (Å²) in [5.74, 6) is 3.56. The van der Waals surface area contributed by atoms with Crippen LogP contribution in [0.1, 0.15) is 38.5 Å². The molecule has 10 nitrogen and oxygen atoms in total. The lowest BCUT2D eigenvalue weighted by Crippen LogP contribution is -2.58. The first kappa shape index (κ1) is 21.6. The Bertz CT molecular complexity index is 888. The number of piperazine rings is 2. The molecule has 2 aliphatic heterocycles. The number of anilines is 3. The minimum absolute atomic E-state index is 0.191. The van der Waals surface area contributed by atoms with E-state index in [0.717, 1.165) is 62.8 Å². The van der Waals surface area contributed by atoms with Gasteiger partial charge in [-0.05, 0) is 40.8 Å². The summed E-state index contributed by atoms with van der Waals surface area (Å²) in [6, 6.07) is 2.28. The highest BCUT2D eigenvalue weighted by molar-refractivity contribution is 5.47. The zero-order chi connectivity index (χ0) is 22.1. The van der Waals surface area contributed by atoms with Crippen LogP contribution in [0.15, 0.2) is 12.3 Å². The second-order valence-corrected chi connectivity index (χ2v) is 8.73. The molecule has 0 saturated carbocycles. The van der Waals surface area contributed by atoms with Gasteiger partial charge in [0.05, 0.1) is 0 Å². The van der Waals surface area contributed by atoms with E-state index in [1.54, 1.807) is 13.1 Å². The highest BCUT2D eigenvalue weighted by Gasteiger charge is 2.33. The van der Waals surface area contributed by atoms with Crippen molar-refractivity contribution in [2.75, 3.05) is 61.0 Å². The third kappa shape index (κ3) is 4.69. The maximum Gasteiger partial charge on any atom is 0.231 e. The summed E-state index contributed by atoms with van der Waals surface area (Å²) in [5, 5.41) is 9.83. The Morgan fingerprint density at radius 2 is 1.58 bits per heavy atom. The van der Waals surface area contributed by atoms with Crippen LogP contribution < -0.4 is 14.7 Å². The molecule has 0 amide bonds. The van der Waals surface area contributed by atoms with E-state index < -0.39 is 6.10 Å². The van der Waals surface area contributed by atoms with Gasteiger partial charge >= 0.3 is 0 Å². The van der Waals surface area contributed by atoms with Crippen molar-refractivity contribution < 1.29 is 5.11 Å². The second-order valence-electron chi connectivity index (χ2n) is 8.73. The number of likely N-dealkylation sites (N-methyl/N-ethyl adjacent to an activating group) is 1. The molecule has 0 aliphatic carbocycles. The van der Waals surface area contributed by atoms with Crippen molar-refractivity contribution in [3.63, 3.8) is 0 Å². The SMILES string of the molecule is Cc1nc(N2CCN(C)CC2)nc(N2[C@H](C)CN(c3ccnc([C@@H](C)O)n3)C[C@@H]2C)n1. The predicted molar refractivity (Wildman–Crippen MR) is 121 cm³/mol. The second kappa shape index (κ2) is 8.88. The van der Waals surface area contributed by atoms with Gasteiger partial charge in [-0.2, -0.15) is 15.0 Å². The van der Waals surface area contributed by atoms with Crippen LogP contribution in [0.3, 0.4) is 0 Å². The lowest BCUT2D eigenvalue weighted by Gasteiger charge is -2.45. The van der Waals surface area contributed by atoms with Crippen molar-refractivity contribution in [2.45, 2.75) is 45.9 Å². The molecular formula is C21H33N9O. The molecule has 4 rings (SSSR count). The summed E-state index contributed by atoms with van der Waals surface area (Å²) < 4.78 is 0. The average molecular weight is 428 g/mol. The van der Waals surface area contributed by atoms with E-state index in [0.29, 0.717) is 5.82 Å². The Morgan fingerprint density at radius 3 is 2.23 bits per heavy atom. The van der Waals surface area contributed by atoms with Crippen LogP contribution >= 0.6 is 0 Å². The molecule has 1 N–H and O–H groups in total. The molecule has 168 valence electrons. The van der Waals surface area contributed by atoms with E-state index >= 15 is 0 Å². The van der Waals surface area contributed by atoms with Crippen molar-refractivity contribution in [3.8, 4) is 0 Å². The standard InChI is InChI=1S/C21H33N9O/c1-14-12-29(18-6-7-22-19(25-18)16(3)31)13-15(2)30(14)21-24-17(4)23-20(26-21)28-10-8-27(5)9-11-28/h6-7,14-16,31H,8-13H2,1-5H3/t14-,15+,16-/m1/s1. The third-order valence-electron chi connectivity index (χ3n) is 6.02. The Balaban J connectivity index is 1.54.